The molecule has 11 heteroatoms. The number of hydrogen-bond acceptors (Lipinski definition) is 7. The van der Waals surface area contributed by atoms with E-state index in [0.717, 1.165) is 30.4 Å². The number of aromatic nitrogens is 5. The van der Waals surface area contributed by atoms with E-state index in [4.69, 9.17) is 26.1 Å². The molecule has 0 saturated heterocycles. The van der Waals surface area contributed by atoms with Gasteiger partial charge in [0.15, 0.2) is 5.82 Å². The van der Waals surface area contributed by atoms with E-state index in [1.807, 2.05) is 6.92 Å². The lowest BCUT2D eigenvalue weighted by Gasteiger charge is -2.32. The normalized spacial score (nSPS) is 16.8. The van der Waals surface area contributed by atoms with Crippen LogP contribution in [-0.2, 0) is 11.3 Å². The molecule has 5 rings (SSSR count). The molecule has 0 aliphatic heterocycles. The monoisotopic (exact) mass is 539 g/mol. The first-order chi connectivity index (χ1) is 18.2. The second-order valence-electron chi connectivity index (χ2n) is 9.16. The van der Waals surface area contributed by atoms with Crippen LogP contribution in [0, 0.1) is 25.5 Å². The standard InChI is InChI=1S/C27H24ClF2N5O3/c1-14-11-32-21(20-4-5-31-26(34-20)16-7-18(8-16)37-3)10-23(14)35-15(2)6-24(25(28)27(35)36)38-13-22-19(30)9-17(29)12-33-22/h4-6,9-12,16,18H,7-8,13H2,1-3H3. The van der Waals surface area contributed by atoms with Crippen molar-refractivity contribution < 1.29 is 18.3 Å². The second-order valence-corrected chi connectivity index (χ2v) is 9.54. The van der Waals surface area contributed by atoms with Gasteiger partial charge in [0.2, 0.25) is 0 Å². The summed E-state index contributed by atoms with van der Waals surface area (Å²) in [6, 6.07) is 5.85. The molecule has 0 radical (unpaired) electrons. The minimum atomic E-state index is -0.852. The lowest BCUT2D eigenvalue weighted by Crippen LogP contribution is -2.29. The zero-order valence-electron chi connectivity index (χ0n) is 20.9. The Morgan fingerprint density at radius 3 is 2.61 bits per heavy atom. The van der Waals surface area contributed by atoms with Gasteiger partial charge >= 0.3 is 0 Å². The van der Waals surface area contributed by atoms with Gasteiger partial charge in [-0.05, 0) is 44.4 Å². The Balaban J connectivity index is 1.45. The molecule has 1 aliphatic rings. The van der Waals surface area contributed by atoms with E-state index < -0.39 is 17.2 Å². The van der Waals surface area contributed by atoms with Gasteiger partial charge in [-0.25, -0.2) is 18.7 Å². The van der Waals surface area contributed by atoms with Crippen molar-refractivity contribution in [2.45, 2.75) is 45.3 Å². The number of methoxy groups -OCH3 is 1. The highest BCUT2D eigenvalue weighted by atomic mass is 35.5. The van der Waals surface area contributed by atoms with Crippen molar-refractivity contribution in [3.05, 3.63) is 92.6 Å². The smallest absolute Gasteiger partial charge is 0.277 e. The molecule has 0 spiro atoms. The Hall–Kier alpha value is -3.76. The van der Waals surface area contributed by atoms with Crippen LogP contribution in [0.15, 0.2) is 47.7 Å². The number of rotatable bonds is 7. The molecule has 0 unspecified atom stereocenters. The molecule has 1 aliphatic carbocycles. The highest BCUT2D eigenvalue weighted by molar-refractivity contribution is 6.31. The van der Waals surface area contributed by atoms with Crippen LogP contribution >= 0.6 is 11.6 Å². The molecule has 38 heavy (non-hydrogen) atoms. The summed E-state index contributed by atoms with van der Waals surface area (Å²) < 4.78 is 39.5. The Labute approximate surface area is 222 Å². The maximum atomic E-state index is 13.9. The molecule has 0 aromatic carbocycles. The quantitative estimate of drug-likeness (QED) is 0.322. The van der Waals surface area contributed by atoms with Crippen LogP contribution in [0.5, 0.6) is 5.75 Å². The van der Waals surface area contributed by atoms with E-state index in [2.05, 4.69) is 15.0 Å². The summed E-state index contributed by atoms with van der Waals surface area (Å²) in [6.45, 7) is 3.24. The van der Waals surface area contributed by atoms with Gasteiger partial charge in [-0.15, -0.1) is 0 Å². The molecule has 0 bridgehead atoms. The first kappa shape index (κ1) is 25.9. The SMILES string of the molecule is COC1CC(c2nccc(-c3cc(-n4c(C)cc(OCc5ncc(F)cc5F)c(Cl)c4=O)c(C)cn3)n2)C1. The van der Waals surface area contributed by atoms with Crippen LogP contribution in [0.1, 0.15) is 41.5 Å². The fourth-order valence-corrected chi connectivity index (χ4v) is 4.55. The topological polar surface area (TPSA) is 92.0 Å². The van der Waals surface area contributed by atoms with Crippen LogP contribution in [0.2, 0.25) is 5.02 Å². The Kier molecular flexibility index (Phi) is 7.18. The Bertz CT molecular complexity index is 1570. The van der Waals surface area contributed by atoms with Crippen molar-refractivity contribution in [2.24, 2.45) is 0 Å². The summed E-state index contributed by atoms with van der Waals surface area (Å²) in [7, 11) is 1.70. The molecule has 8 nitrogen and oxygen atoms in total. The van der Waals surface area contributed by atoms with Crippen molar-refractivity contribution in [1.29, 1.82) is 0 Å². The second kappa shape index (κ2) is 10.5. The van der Waals surface area contributed by atoms with E-state index in [1.54, 1.807) is 44.6 Å². The lowest BCUT2D eigenvalue weighted by atomic mass is 9.81. The van der Waals surface area contributed by atoms with Crippen LogP contribution in [0.25, 0.3) is 17.1 Å². The fraction of sp³-hybridized carbons (Fsp3) is 0.296. The number of ether oxygens (including phenoxy) is 2. The van der Waals surface area contributed by atoms with Gasteiger partial charge in [-0.1, -0.05) is 11.6 Å². The molecule has 4 aromatic heterocycles. The maximum absolute atomic E-state index is 13.9. The van der Waals surface area contributed by atoms with Gasteiger partial charge in [0.05, 0.1) is 29.4 Å². The van der Waals surface area contributed by atoms with E-state index in [1.165, 1.54) is 4.57 Å². The van der Waals surface area contributed by atoms with Gasteiger partial charge in [-0.2, -0.15) is 0 Å². The Morgan fingerprint density at radius 1 is 1.08 bits per heavy atom. The van der Waals surface area contributed by atoms with Crippen molar-refractivity contribution in [3.8, 4) is 22.8 Å². The molecule has 1 fully saturated rings. The summed E-state index contributed by atoms with van der Waals surface area (Å²) in [5, 5.41) is -0.183. The highest BCUT2D eigenvalue weighted by Crippen LogP contribution is 2.37. The zero-order valence-corrected chi connectivity index (χ0v) is 21.7. The average molecular weight is 540 g/mol. The molecule has 4 aromatic rings. The predicted molar refractivity (Wildman–Crippen MR) is 137 cm³/mol. The molecule has 0 atom stereocenters. The molecule has 4 heterocycles. The van der Waals surface area contributed by atoms with Gasteiger partial charge in [0.1, 0.15) is 34.7 Å². The van der Waals surface area contributed by atoms with Crippen LogP contribution in [-0.4, -0.2) is 37.7 Å². The zero-order chi connectivity index (χ0) is 27.0. The average Bonchev–Trinajstić information content (AvgIpc) is 2.87. The highest BCUT2D eigenvalue weighted by Gasteiger charge is 2.32. The molecule has 1 saturated carbocycles. The van der Waals surface area contributed by atoms with Crippen LogP contribution < -0.4 is 10.3 Å². The number of hydrogen-bond donors (Lipinski definition) is 0. The van der Waals surface area contributed by atoms with Crippen LogP contribution in [0.3, 0.4) is 0 Å². The first-order valence-corrected chi connectivity index (χ1v) is 12.3. The third-order valence-corrected chi connectivity index (χ3v) is 6.94. The number of halogens is 3. The van der Waals surface area contributed by atoms with Crippen molar-refractivity contribution >= 4 is 11.6 Å². The lowest BCUT2D eigenvalue weighted by molar-refractivity contribution is 0.0236. The van der Waals surface area contributed by atoms with Gasteiger partial charge in [0.25, 0.3) is 5.56 Å². The number of pyridine rings is 3. The summed E-state index contributed by atoms with van der Waals surface area (Å²) in [5.41, 5.74) is 2.46. The molecular formula is C27H24ClF2N5O3. The first-order valence-electron chi connectivity index (χ1n) is 11.9. The number of nitrogens with zero attached hydrogens (tertiary/aromatic N) is 5. The van der Waals surface area contributed by atoms with Gasteiger partial charge in [-0.3, -0.25) is 19.3 Å². The van der Waals surface area contributed by atoms with Gasteiger partial charge in [0, 0.05) is 43.2 Å². The maximum Gasteiger partial charge on any atom is 0.277 e. The molecule has 0 amide bonds. The molecule has 196 valence electrons. The minimum absolute atomic E-state index is 0.0678. The number of aryl methyl sites for hydroxylation is 2. The van der Waals surface area contributed by atoms with E-state index in [-0.39, 0.29) is 35.1 Å². The van der Waals surface area contributed by atoms with E-state index >= 15 is 0 Å². The third kappa shape index (κ3) is 5.01. The Morgan fingerprint density at radius 2 is 1.87 bits per heavy atom. The van der Waals surface area contributed by atoms with Crippen molar-refractivity contribution in [1.82, 2.24) is 24.5 Å². The van der Waals surface area contributed by atoms with Crippen molar-refractivity contribution in [2.75, 3.05) is 7.11 Å². The third-order valence-electron chi connectivity index (χ3n) is 6.59. The van der Waals surface area contributed by atoms with Crippen molar-refractivity contribution in [3.63, 3.8) is 0 Å². The summed E-state index contributed by atoms with van der Waals surface area (Å²) in [6.07, 6.45) is 6.24. The van der Waals surface area contributed by atoms with Crippen LogP contribution in [0.4, 0.5) is 8.78 Å². The predicted octanol–water partition coefficient (Wildman–Crippen LogP) is 5.10. The molecule has 0 N–H and O–H groups in total. The summed E-state index contributed by atoms with van der Waals surface area (Å²) in [4.78, 5) is 30.7. The van der Waals surface area contributed by atoms with E-state index in [0.29, 0.717) is 28.8 Å². The fourth-order valence-electron chi connectivity index (χ4n) is 4.36. The largest absolute Gasteiger partial charge is 0.485 e. The van der Waals surface area contributed by atoms with Gasteiger partial charge < -0.3 is 9.47 Å². The summed E-state index contributed by atoms with van der Waals surface area (Å²) >= 11 is 6.38. The molecular weight excluding hydrogens is 516 g/mol. The summed E-state index contributed by atoms with van der Waals surface area (Å²) in [5.74, 6) is -0.604. The van der Waals surface area contributed by atoms with E-state index in [9.17, 15) is 13.6 Å². The minimum Gasteiger partial charge on any atom is -0.485 e.